The Morgan fingerprint density at radius 3 is 2.90 bits per heavy atom. The van der Waals surface area contributed by atoms with Crippen molar-refractivity contribution < 1.29 is 4.74 Å². The number of methoxy groups -OCH3 is 1. The quantitative estimate of drug-likeness (QED) is 0.874. The number of rotatable bonds is 6. The lowest BCUT2D eigenvalue weighted by atomic mass is 9.86. The van der Waals surface area contributed by atoms with Crippen molar-refractivity contribution in [3.8, 4) is 11.8 Å². The van der Waals surface area contributed by atoms with Gasteiger partial charge in [0.2, 0.25) is 0 Å². The molecule has 2 atom stereocenters. The van der Waals surface area contributed by atoms with Gasteiger partial charge >= 0.3 is 0 Å². The van der Waals surface area contributed by atoms with Crippen LogP contribution >= 0.6 is 0 Å². The molecular weight excluding hydrogens is 262 g/mol. The minimum atomic E-state index is -0.332. The van der Waals surface area contributed by atoms with Crippen molar-refractivity contribution in [2.75, 3.05) is 32.6 Å². The van der Waals surface area contributed by atoms with Crippen LogP contribution in [0.2, 0.25) is 0 Å². The first-order valence-corrected chi connectivity index (χ1v) is 7.61. The largest absolute Gasteiger partial charge is 0.495 e. The molecule has 0 aromatic heterocycles. The third kappa shape index (κ3) is 3.14. The summed E-state index contributed by atoms with van der Waals surface area (Å²) in [5, 5.41) is 12.8. The molecule has 1 aromatic carbocycles. The van der Waals surface area contributed by atoms with Gasteiger partial charge in [0.25, 0.3) is 0 Å². The van der Waals surface area contributed by atoms with E-state index in [2.05, 4.69) is 29.4 Å². The van der Waals surface area contributed by atoms with Gasteiger partial charge in [-0.2, -0.15) is 5.26 Å². The molecule has 4 heteroatoms. The van der Waals surface area contributed by atoms with Crippen LogP contribution in [0.4, 0.5) is 5.69 Å². The van der Waals surface area contributed by atoms with Crippen molar-refractivity contribution in [3.63, 3.8) is 0 Å². The number of ether oxygens (including phenoxy) is 1. The SMILES string of the molecule is CNC1(C#N)CCCC1CCN(C)c1ccccc1OC. The van der Waals surface area contributed by atoms with Crippen LogP contribution in [0.15, 0.2) is 24.3 Å². The van der Waals surface area contributed by atoms with Gasteiger partial charge in [0.15, 0.2) is 0 Å². The number of nitrogens with zero attached hydrogens (tertiary/aromatic N) is 2. The average molecular weight is 287 g/mol. The smallest absolute Gasteiger partial charge is 0.142 e. The van der Waals surface area contributed by atoms with E-state index in [0.717, 1.165) is 43.7 Å². The summed E-state index contributed by atoms with van der Waals surface area (Å²) in [5.41, 5.74) is 0.770. The molecule has 21 heavy (non-hydrogen) atoms. The maximum Gasteiger partial charge on any atom is 0.142 e. The van der Waals surface area contributed by atoms with Gasteiger partial charge in [0, 0.05) is 13.6 Å². The molecule has 1 saturated carbocycles. The molecular formula is C17H25N3O. The molecule has 4 nitrogen and oxygen atoms in total. The molecule has 1 aromatic rings. The van der Waals surface area contributed by atoms with E-state index >= 15 is 0 Å². The van der Waals surface area contributed by atoms with Gasteiger partial charge in [0.05, 0.1) is 18.9 Å². The average Bonchev–Trinajstić information content (AvgIpc) is 2.95. The van der Waals surface area contributed by atoms with Crippen molar-refractivity contribution in [3.05, 3.63) is 24.3 Å². The van der Waals surface area contributed by atoms with Crippen LogP contribution in [-0.2, 0) is 0 Å². The Morgan fingerprint density at radius 2 is 2.24 bits per heavy atom. The molecule has 1 N–H and O–H groups in total. The maximum atomic E-state index is 9.51. The van der Waals surface area contributed by atoms with Crippen molar-refractivity contribution in [2.24, 2.45) is 5.92 Å². The predicted octanol–water partition coefficient (Wildman–Crippen LogP) is 2.80. The third-order valence-electron chi connectivity index (χ3n) is 4.78. The Balaban J connectivity index is 2.01. The molecule has 0 amide bonds. The Hall–Kier alpha value is -1.73. The highest BCUT2D eigenvalue weighted by Crippen LogP contribution is 2.38. The number of hydrogen-bond donors (Lipinski definition) is 1. The lowest BCUT2D eigenvalue weighted by Crippen LogP contribution is -2.45. The zero-order valence-electron chi connectivity index (χ0n) is 13.2. The second-order valence-corrected chi connectivity index (χ2v) is 5.80. The van der Waals surface area contributed by atoms with Gasteiger partial charge in [-0.15, -0.1) is 0 Å². The van der Waals surface area contributed by atoms with Gasteiger partial charge in [0.1, 0.15) is 11.3 Å². The van der Waals surface area contributed by atoms with Crippen molar-refractivity contribution in [1.29, 1.82) is 5.26 Å². The Bertz CT molecular complexity index is 511. The van der Waals surface area contributed by atoms with Crippen LogP contribution in [0.5, 0.6) is 5.75 Å². The van der Waals surface area contributed by atoms with E-state index in [1.807, 2.05) is 25.2 Å². The number of hydrogen-bond acceptors (Lipinski definition) is 4. The molecule has 1 fully saturated rings. The fraction of sp³-hybridized carbons (Fsp3) is 0.588. The lowest BCUT2D eigenvalue weighted by Gasteiger charge is -2.30. The highest BCUT2D eigenvalue weighted by molar-refractivity contribution is 5.57. The third-order valence-corrected chi connectivity index (χ3v) is 4.78. The summed E-state index contributed by atoms with van der Waals surface area (Å²) in [6, 6.07) is 10.6. The highest BCUT2D eigenvalue weighted by atomic mass is 16.5. The van der Waals surface area contributed by atoms with E-state index in [9.17, 15) is 5.26 Å². The normalized spacial score (nSPS) is 24.6. The fourth-order valence-corrected chi connectivity index (χ4v) is 3.42. The van der Waals surface area contributed by atoms with Gasteiger partial charge in [-0.25, -0.2) is 0 Å². The molecule has 0 bridgehead atoms. The first-order valence-electron chi connectivity index (χ1n) is 7.61. The monoisotopic (exact) mass is 287 g/mol. The second kappa shape index (κ2) is 6.82. The van der Waals surface area contributed by atoms with Crippen molar-refractivity contribution >= 4 is 5.69 Å². The van der Waals surface area contributed by atoms with E-state index in [1.54, 1.807) is 7.11 Å². The zero-order chi connectivity index (χ0) is 15.3. The molecule has 0 aliphatic heterocycles. The van der Waals surface area contributed by atoms with Crippen LogP contribution in [0.3, 0.4) is 0 Å². The minimum Gasteiger partial charge on any atom is -0.495 e. The number of para-hydroxylation sites is 2. The molecule has 0 spiro atoms. The van der Waals surface area contributed by atoms with E-state index in [0.29, 0.717) is 5.92 Å². The molecule has 114 valence electrons. The zero-order valence-corrected chi connectivity index (χ0v) is 13.2. The first kappa shape index (κ1) is 15.7. The predicted molar refractivity (Wildman–Crippen MR) is 85.6 cm³/mol. The second-order valence-electron chi connectivity index (χ2n) is 5.80. The van der Waals surface area contributed by atoms with Crippen molar-refractivity contribution in [1.82, 2.24) is 5.32 Å². The van der Waals surface area contributed by atoms with Gasteiger partial charge in [-0.05, 0) is 44.4 Å². The standard InChI is InChI=1S/C17H25N3O/c1-19-17(13-18)11-6-7-14(17)10-12-20(2)15-8-4-5-9-16(15)21-3/h4-5,8-9,14,19H,6-7,10-12H2,1-3H3. The molecule has 2 unspecified atom stereocenters. The molecule has 1 aliphatic carbocycles. The van der Waals surface area contributed by atoms with Crippen LogP contribution in [-0.4, -0.2) is 33.3 Å². The summed E-state index contributed by atoms with van der Waals surface area (Å²) in [4.78, 5) is 2.22. The minimum absolute atomic E-state index is 0.332. The molecule has 0 saturated heterocycles. The lowest BCUT2D eigenvalue weighted by molar-refractivity contribution is 0.322. The van der Waals surface area contributed by atoms with Crippen LogP contribution in [0.25, 0.3) is 0 Å². The fourth-order valence-electron chi connectivity index (χ4n) is 3.42. The van der Waals surface area contributed by atoms with Crippen LogP contribution in [0, 0.1) is 17.2 Å². The summed E-state index contributed by atoms with van der Waals surface area (Å²) in [6.07, 6.45) is 4.25. The first-order chi connectivity index (χ1) is 10.2. The van der Waals surface area contributed by atoms with E-state index in [-0.39, 0.29) is 5.54 Å². The molecule has 0 heterocycles. The van der Waals surface area contributed by atoms with E-state index in [4.69, 9.17) is 4.74 Å². The maximum absolute atomic E-state index is 9.51. The number of nitrogens with one attached hydrogen (secondary N) is 1. The van der Waals surface area contributed by atoms with Gasteiger partial charge in [-0.3, -0.25) is 0 Å². The molecule has 1 aliphatic rings. The van der Waals surface area contributed by atoms with Gasteiger partial charge in [-0.1, -0.05) is 18.6 Å². The summed E-state index contributed by atoms with van der Waals surface area (Å²) >= 11 is 0. The van der Waals surface area contributed by atoms with Crippen LogP contribution in [0.1, 0.15) is 25.7 Å². The number of benzene rings is 1. The summed E-state index contributed by atoms with van der Waals surface area (Å²) < 4.78 is 5.42. The summed E-state index contributed by atoms with van der Waals surface area (Å²) in [7, 11) is 5.69. The highest BCUT2D eigenvalue weighted by Gasteiger charge is 2.41. The summed E-state index contributed by atoms with van der Waals surface area (Å²) in [6.45, 7) is 0.927. The topological polar surface area (TPSA) is 48.3 Å². The Labute approximate surface area is 127 Å². The number of anilines is 1. The number of nitriles is 1. The van der Waals surface area contributed by atoms with Crippen LogP contribution < -0.4 is 15.0 Å². The van der Waals surface area contributed by atoms with E-state index < -0.39 is 0 Å². The molecule has 0 radical (unpaired) electrons. The Kier molecular flexibility index (Phi) is 5.08. The summed E-state index contributed by atoms with van der Waals surface area (Å²) in [5.74, 6) is 1.32. The molecule has 2 rings (SSSR count). The van der Waals surface area contributed by atoms with E-state index in [1.165, 1.54) is 0 Å². The van der Waals surface area contributed by atoms with Gasteiger partial charge < -0.3 is 15.0 Å². The van der Waals surface area contributed by atoms with Crippen molar-refractivity contribution in [2.45, 2.75) is 31.2 Å². The Morgan fingerprint density at radius 1 is 1.48 bits per heavy atom.